The first-order valence-electron chi connectivity index (χ1n) is 30.8. The molecular formula is C60H97N7O28. The van der Waals surface area contributed by atoms with Gasteiger partial charge < -0.3 is 124 Å². The van der Waals surface area contributed by atoms with Crippen LogP contribution in [0.3, 0.4) is 0 Å². The molecular weight excluding hydrogens is 1270 g/mol. The van der Waals surface area contributed by atoms with Gasteiger partial charge in [-0.1, -0.05) is 0 Å². The Balaban J connectivity index is 1.68. The molecule has 0 radical (unpaired) electrons. The summed E-state index contributed by atoms with van der Waals surface area (Å²) in [4.78, 5) is 105. The highest BCUT2D eigenvalue weighted by Crippen LogP contribution is 2.37. The lowest BCUT2D eigenvalue weighted by molar-refractivity contribution is -0.384. The molecule has 0 spiro atoms. The van der Waals surface area contributed by atoms with Crippen LogP contribution in [0.5, 0.6) is 0 Å². The minimum absolute atomic E-state index is 0.212. The van der Waals surface area contributed by atoms with Gasteiger partial charge in [-0.05, 0) is 143 Å². The number of nitro groups is 1. The van der Waals surface area contributed by atoms with Gasteiger partial charge in [-0.15, -0.1) is 0 Å². The molecule has 1 aromatic carbocycles. The molecule has 6 amide bonds. The van der Waals surface area contributed by atoms with Gasteiger partial charge in [0, 0.05) is 25.2 Å². The number of alkyl carbamates (subject to hydrolysis) is 6. The Morgan fingerprint density at radius 3 is 1.18 bits per heavy atom. The predicted octanol–water partition coefficient (Wildman–Crippen LogP) is 2.27. The quantitative estimate of drug-likeness (QED) is 0.0434. The lowest BCUT2D eigenvalue weighted by Crippen LogP contribution is -2.70. The molecule has 5 rings (SSSR count). The van der Waals surface area contributed by atoms with Crippen LogP contribution in [0.2, 0.25) is 0 Å². The van der Waals surface area contributed by atoms with Gasteiger partial charge in [0.05, 0.1) is 22.6 Å². The number of hydrogen-bond acceptors (Lipinski definition) is 28. The summed E-state index contributed by atoms with van der Waals surface area (Å²) in [5.74, 6) is -1.11. The molecule has 4 aliphatic rings. The molecule has 0 bridgehead atoms. The van der Waals surface area contributed by atoms with E-state index in [9.17, 15) is 74.3 Å². The van der Waals surface area contributed by atoms with Crippen LogP contribution in [-0.4, -0.2) is 248 Å². The van der Waals surface area contributed by atoms with Crippen molar-refractivity contribution in [3.63, 3.8) is 0 Å². The van der Waals surface area contributed by atoms with Crippen LogP contribution in [-0.2, 0) is 61.6 Å². The summed E-state index contributed by atoms with van der Waals surface area (Å²) in [6.45, 7) is 25.9. The topological polar surface area (TPSA) is 476 Å². The number of carbonyl (C=O) groups excluding carboxylic acids is 7. The average Bonchev–Trinajstić information content (AvgIpc) is 1.75. The molecule has 35 heteroatoms. The third kappa shape index (κ3) is 24.7. The summed E-state index contributed by atoms with van der Waals surface area (Å²) in [6.07, 6.45) is -36.3. The Kier molecular flexibility index (Phi) is 26.3. The normalized spacial score (nSPS) is 30.7. The lowest BCUT2D eigenvalue weighted by Gasteiger charge is -2.49. The molecule has 0 unspecified atom stereocenters. The minimum atomic E-state index is -2.22. The molecule has 1 aliphatic carbocycles. The number of hydrogen-bond donors (Lipinski definition) is 12. The van der Waals surface area contributed by atoms with Crippen LogP contribution in [0.15, 0.2) is 24.3 Å². The highest BCUT2D eigenvalue weighted by Gasteiger charge is 2.58. The van der Waals surface area contributed by atoms with Crippen LogP contribution in [0.1, 0.15) is 141 Å². The highest BCUT2D eigenvalue weighted by atomic mass is 16.8. The van der Waals surface area contributed by atoms with E-state index in [1.165, 1.54) is 41.5 Å². The van der Waals surface area contributed by atoms with E-state index in [0.717, 1.165) is 24.3 Å². The van der Waals surface area contributed by atoms with Gasteiger partial charge >= 0.3 is 42.5 Å². The standard InChI is InChI=1S/C60H97N7O28/c1-55(2,3)90-49(75)61-24-31-37(69)39(71)34(65-53(79)94-59(13,14)15)46(84-31)87-42-30(64-52(78)93-58(10,11)12)23-29(63-51(77)92-57(7,8)9)36(68)44(42)89-48-41(73)43(33(86-48)26-83-45(74)27-19-21-28(22-20-27)67(81)82)88-47-35(66-54(80)95-60(16,17)18)40(72)38(70)32(85-47)25-62-50(76)91-56(4,5)6/h19-22,29-44,46-48,68-73H,23-26H2,1-18H3,(H,61,75)(H,62,76)(H,63,77)(H,64,78)(H,65,79)(H,66,80)/t29-,30+,31-,32+,33-,34-,35-,36+,37-,38-,39-,40-,41-,42-,43-,44-,46-,47-,48+/m1/s1. The van der Waals surface area contributed by atoms with Crippen molar-refractivity contribution in [3.05, 3.63) is 39.9 Å². The third-order valence-corrected chi connectivity index (χ3v) is 13.7. The number of ether oxygens (including phenoxy) is 13. The van der Waals surface area contributed by atoms with Crippen molar-refractivity contribution >= 4 is 48.2 Å². The second-order valence-electron chi connectivity index (χ2n) is 29.1. The van der Waals surface area contributed by atoms with Crippen LogP contribution in [0, 0.1) is 10.1 Å². The van der Waals surface area contributed by atoms with E-state index in [1.807, 2.05) is 0 Å². The largest absolute Gasteiger partial charge is 0.459 e. The number of esters is 1. The van der Waals surface area contributed by atoms with Gasteiger partial charge in [-0.25, -0.2) is 33.6 Å². The first kappa shape index (κ1) is 78.9. The van der Waals surface area contributed by atoms with Crippen LogP contribution in [0.25, 0.3) is 0 Å². The smallest absolute Gasteiger partial charge is 0.408 e. The van der Waals surface area contributed by atoms with E-state index in [0.29, 0.717) is 0 Å². The first-order valence-corrected chi connectivity index (χ1v) is 30.8. The third-order valence-electron chi connectivity index (χ3n) is 13.7. The second-order valence-corrected chi connectivity index (χ2v) is 29.1. The van der Waals surface area contributed by atoms with Crippen molar-refractivity contribution in [2.24, 2.45) is 0 Å². The summed E-state index contributed by atoms with van der Waals surface area (Å²) < 4.78 is 76.9. The maximum Gasteiger partial charge on any atom is 0.408 e. The number of rotatable bonds is 18. The molecule has 12 N–H and O–H groups in total. The maximum absolute atomic E-state index is 14.0. The number of nitrogens with zero attached hydrogens (tertiary/aromatic N) is 1. The Bertz CT molecular complexity index is 2790. The number of amides is 6. The van der Waals surface area contributed by atoms with Crippen molar-refractivity contribution in [2.45, 2.75) is 281 Å². The molecule has 3 aliphatic heterocycles. The van der Waals surface area contributed by atoms with E-state index in [-0.39, 0.29) is 11.3 Å². The Labute approximate surface area is 549 Å². The summed E-state index contributed by atoms with van der Waals surface area (Å²) in [6, 6.07) is -2.54. The number of nitrogens with one attached hydrogen (secondary N) is 6. The van der Waals surface area contributed by atoms with Gasteiger partial charge in [-0.3, -0.25) is 10.1 Å². The van der Waals surface area contributed by atoms with Gasteiger partial charge in [0.25, 0.3) is 5.69 Å². The van der Waals surface area contributed by atoms with Crippen molar-refractivity contribution in [1.82, 2.24) is 31.9 Å². The number of nitro benzene ring substituents is 1. The first-order chi connectivity index (χ1) is 43.5. The average molecular weight is 1360 g/mol. The highest BCUT2D eigenvalue weighted by molar-refractivity contribution is 5.89. The molecule has 1 aromatic rings. The Hall–Kier alpha value is -6.77. The summed E-state index contributed by atoms with van der Waals surface area (Å²) in [7, 11) is 0. The fourth-order valence-corrected chi connectivity index (χ4v) is 9.90. The molecule has 0 aromatic heterocycles. The summed E-state index contributed by atoms with van der Waals surface area (Å²) >= 11 is 0. The second kappa shape index (κ2) is 31.6. The zero-order valence-electron chi connectivity index (χ0n) is 56.7. The van der Waals surface area contributed by atoms with Gasteiger partial charge in [0.1, 0.15) is 126 Å². The van der Waals surface area contributed by atoms with Crippen LogP contribution < -0.4 is 31.9 Å². The van der Waals surface area contributed by atoms with E-state index in [2.05, 4.69) is 31.9 Å². The van der Waals surface area contributed by atoms with Crippen LogP contribution >= 0.6 is 0 Å². The SMILES string of the molecule is CC(C)(C)OC(=O)NC[C@@H]1O[C@H](O[C@H]2[C@@H](O)[C@H](O[C@@H]3[C@@H](O)[C@H](NC(=O)OC(C)(C)C)C[C@H](NC(=O)OC(C)(C)C)[C@H]3O[C@H]3O[C@H](CNC(=O)OC(C)(C)C)[C@@H](O)[C@H](O)[C@H]3NC(=O)OC(C)(C)C)O[C@@H]2COC(=O)c2ccc([N+](=O)[O-])cc2)[C@H](NC(=O)OC(C)(C)C)[C@@H](O)[C@@H]1O. The number of non-ortho nitro benzene ring substituents is 1. The molecule has 95 heavy (non-hydrogen) atoms. The van der Waals surface area contributed by atoms with Crippen molar-refractivity contribution in [1.29, 1.82) is 0 Å². The molecule has 540 valence electrons. The Morgan fingerprint density at radius 2 is 0.789 bits per heavy atom. The molecule has 3 saturated heterocycles. The zero-order chi connectivity index (χ0) is 71.8. The number of carbonyl (C=O) groups is 7. The zero-order valence-corrected chi connectivity index (χ0v) is 56.7. The van der Waals surface area contributed by atoms with Crippen LogP contribution in [0.4, 0.5) is 34.5 Å². The predicted molar refractivity (Wildman–Crippen MR) is 326 cm³/mol. The maximum atomic E-state index is 14.0. The lowest BCUT2D eigenvalue weighted by atomic mass is 9.83. The fourth-order valence-electron chi connectivity index (χ4n) is 9.90. The van der Waals surface area contributed by atoms with E-state index in [1.54, 1.807) is 83.1 Å². The van der Waals surface area contributed by atoms with Crippen molar-refractivity contribution < 1.29 is 131 Å². The number of benzene rings is 1. The van der Waals surface area contributed by atoms with Crippen molar-refractivity contribution in [2.75, 3.05) is 19.7 Å². The van der Waals surface area contributed by atoms with E-state index >= 15 is 0 Å². The molecule has 35 nitrogen and oxygen atoms in total. The minimum Gasteiger partial charge on any atom is -0.459 e. The fraction of sp³-hybridized carbons (Fsp3) is 0.783. The van der Waals surface area contributed by atoms with Gasteiger partial charge in [0.15, 0.2) is 18.9 Å². The van der Waals surface area contributed by atoms with Gasteiger partial charge in [-0.2, -0.15) is 0 Å². The number of aliphatic hydroxyl groups is 6. The molecule has 4 fully saturated rings. The molecule has 3 heterocycles. The van der Waals surface area contributed by atoms with E-state index in [4.69, 9.17) is 61.6 Å². The molecule has 1 saturated carbocycles. The Morgan fingerprint density at radius 1 is 0.442 bits per heavy atom. The summed E-state index contributed by atoms with van der Waals surface area (Å²) in [5.41, 5.74) is -7.20. The number of aliphatic hydroxyl groups excluding tert-OH is 6. The van der Waals surface area contributed by atoms with Gasteiger partial charge in [0.2, 0.25) is 0 Å². The van der Waals surface area contributed by atoms with E-state index < -0.39 is 223 Å². The monoisotopic (exact) mass is 1360 g/mol. The molecule has 19 atom stereocenters. The van der Waals surface area contributed by atoms with Crippen molar-refractivity contribution in [3.8, 4) is 0 Å². The summed E-state index contributed by atoms with van der Waals surface area (Å²) in [5, 5.41) is 98.6.